The molecule has 7 nitrogen and oxygen atoms in total. The number of piperazine rings is 1. The maximum atomic E-state index is 12.3. The zero-order valence-electron chi connectivity index (χ0n) is 13.3. The first-order chi connectivity index (χ1) is 10.8. The molecule has 1 aromatic carbocycles. The van der Waals surface area contributed by atoms with Crippen LogP contribution in [0.3, 0.4) is 0 Å². The third-order valence-electron chi connectivity index (χ3n) is 3.72. The van der Waals surface area contributed by atoms with Gasteiger partial charge in [0.05, 0.1) is 11.4 Å². The highest BCUT2D eigenvalue weighted by Crippen LogP contribution is 2.12. The van der Waals surface area contributed by atoms with Crippen LogP contribution >= 0.6 is 0 Å². The van der Waals surface area contributed by atoms with Crippen molar-refractivity contribution in [3.63, 3.8) is 0 Å². The van der Waals surface area contributed by atoms with Crippen LogP contribution in [0.15, 0.2) is 29.2 Å². The minimum absolute atomic E-state index is 0.00661. The summed E-state index contributed by atoms with van der Waals surface area (Å²) in [5, 5.41) is 3.17. The number of sulfone groups is 1. The van der Waals surface area contributed by atoms with Crippen molar-refractivity contribution in [3.8, 4) is 0 Å². The molecular formula is C15H21N3O4S. The van der Waals surface area contributed by atoms with E-state index in [9.17, 15) is 18.0 Å². The molecule has 0 aliphatic carbocycles. The number of amides is 2. The van der Waals surface area contributed by atoms with Gasteiger partial charge in [-0.05, 0) is 24.3 Å². The van der Waals surface area contributed by atoms with Crippen LogP contribution in [0.2, 0.25) is 0 Å². The highest BCUT2D eigenvalue weighted by atomic mass is 32.2. The summed E-state index contributed by atoms with van der Waals surface area (Å²) >= 11 is 0. The van der Waals surface area contributed by atoms with Crippen LogP contribution < -0.4 is 5.32 Å². The number of nitrogens with zero attached hydrogens (tertiary/aromatic N) is 2. The normalized spacial score (nSPS) is 15.3. The first-order valence-electron chi connectivity index (χ1n) is 7.33. The molecule has 1 fully saturated rings. The van der Waals surface area contributed by atoms with Crippen LogP contribution in [0.25, 0.3) is 0 Å². The number of benzene rings is 1. The molecule has 23 heavy (non-hydrogen) atoms. The molecule has 8 heteroatoms. The second-order valence-corrected chi connectivity index (χ2v) is 7.60. The molecule has 0 saturated carbocycles. The molecular weight excluding hydrogens is 318 g/mol. The van der Waals surface area contributed by atoms with E-state index in [1.807, 2.05) is 0 Å². The van der Waals surface area contributed by atoms with E-state index in [0.29, 0.717) is 18.7 Å². The third-order valence-corrected chi connectivity index (χ3v) is 4.85. The predicted octanol–water partition coefficient (Wildman–Crippen LogP) is -0.406. The molecule has 1 aromatic rings. The Kier molecular flexibility index (Phi) is 5.38. The second kappa shape index (κ2) is 7.10. The standard InChI is InChI=1S/C15H21N3O4S/c1-17(11-14(19)18-9-7-16-8-10-18)15(20)12-3-5-13(6-4-12)23(2,21)22/h3-6,16H,7-11H2,1-2H3. The highest BCUT2D eigenvalue weighted by Gasteiger charge is 2.21. The lowest BCUT2D eigenvalue weighted by Crippen LogP contribution is -2.49. The Bertz CT molecular complexity index is 679. The minimum atomic E-state index is -3.29. The number of hydrogen-bond acceptors (Lipinski definition) is 5. The Labute approximate surface area is 136 Å². The fourth-order valence-electron chi connectivity index (χ4n) is 2.35. The molecule has 2 rings (SSSR count). The molecule has 0 atom stereocenters. The predicted molar refractivity (Wildman–Crippen MR) is 86.0 cm³/mol. The van der Waals surface area contributed by atoms with Gasteiger partial charge in [-0.25, -0.2) is 8.42 Å². The van der Waals surface area contributed by atoms with Gasteiger partial charge in [0.2, 0.25) is 5.91 Å². The van der Waals surface area contributed by atoms with Crippen LogP contribution in [0.1, 0.15) is 10.4 Å². The lowest BCUT2D eigenvalue weighted by atomic mass is 10.2. The SMILES string of the molecule is CN(CC(=O)N1CCNCC1)C(=O)c1ccc(S(C)(=O)=O)cc1. The molecule has 126 valence electrons. The summed E-state index contributed by atoms with van der Waals surface area (Å²) < 4.78 is 22.8. The van der Waals surface area contributed by atoms with Crippen LogP contribution in [0.4, 0.5) is 0 Å². The van der Waals surface area contributed by atoms with E-state index in [-0.39, 0.29) is 23.3 Å². The Morgan fingerprint density at radius 3 is 2.26 bits per heavy atom. The Morgan fingerprint density at radius 1 is 1.17 bits per heavy atom. The summed E-state index contributed by atoms with van der Waals surface area (Å²) in [5.74, 6) is -0.399. The van der Waals surface area contributed by atoms with Crippen LogP contribution in [-0.4, -0.2) is 76.1 Å². The summed E-state index contributed by atoms with van der Waals surface area (Å²) in [7, 11) is -1.73. The third kappa shape index (κ3) is 4.52. The van der Waals surface area contributed by atoms with Crippen molar-refractivity contribution in [2.45, 2.75) is 4.90 Å². The van der Waals surface area contributed by atoms with E-state index in [1.54, 1.807) is 11.9 Å². The molecule has 0 spiro atoms. The summed E-state index contributed by atoms with van der Waals surface area (Å²) in [6.07, 6.45) is 1.11. The number of carbonyl (C=O) groups excluding carboxylic acids is 2. The molecule has 0 aromatic heterocycles. The first-order valence-corrected chi connectivity index (χ1v) is 9.22. The second-order valence-electron chi connectivity index (χ2n) is 5.59. The van der Waals surface area contributed by atoms with Gasteiger partial charge < -0.3 is 15.1 Å². The maximum absolute atomic E-state index is 12.3. The molecule has 2 amide bonds. The zero-order chi connectivity index (χ0) is 17.0. The van der Waals surface area contributed by atoms with Crippen LogP contribution in [0.5, 0.6) is 0 Å². The number of hydrogen-bond donors (Lipinski definition) is 1. The average molecular weight is 339 g/mol. The van der Waals surface area contributed by atoms with E-state index in [0.717, 1.165) is 19.3 Å². The smallest absolute Gasteiger partial charge is 0.254 e. The van der Waals surface area contributed by atoms with Gasteiger partial charge >= 0.3 is 0 Å². The summed E-state index contributed by atoms with van der Waals surface area (Å²) in [5.41, 5.74) is 0.355. The fourth-order valence-corrected chi connectivity index (χ4v) is 2.98. The van der Waals surface area contributed by atoms with Gasteiger partial charge in [0, 0.05) is 45.0 Å². The Balaban J connectivity index is 2.00. The molecule has 0 bridgehead atoms. The van der Waals surface area contributed by atoms with Crippen LogP contribution in [0, 0.1) is 0 Å². The monoisotopic (exact) mass is 339 g/mol. The topological polar surface area (TPSA) is 86.8 Å². The van der Waals surface area contributed by atoms with E-state index in [2.05, 4.69) is 5.32 Å². The van der Waals surface area contributed by atoms with Crippen molar-refractivity contribution < 1.29 is 18.0 Å². The maximum Gasteiger partial charge on any atom is 0.254 e. The lowest BCUT2D eigenvalue weighted by Gasteiger charge is -2.29. The van der Waals surface area contributed by atoms with Crippen LogP contribution in [-0.2, 0) is 14.6 Å². The average Bonchev–Trinajstić information content (AvgIpc) is 2.54. The molecule has 0 unspecified atom stereocenters. The molecule has 1 heterocycles. The number of rotatable bonds is 4. The largest absolute Gasteiger partial charge is 0.339 e. The minimum Gasteiger partial charge on any atom is -0.339 e. The van der Waals surface area contributed by atoms with Crippen molar-refractivity contribution in [3.05, 3.63) is 29.8 Å². The number of likely N-dealkylation sites (N-methyl/N-ethyl adjacent to an activating group) is 1. The molecule has 1 aliphatic heterocycles. The molecule has 1 N–H and O–H groups in total. The highest BCUT2D eigenvalue weighted by molar-refractivity contribution is 7.90. The van der Waals surface area contributed by atoms with Crippen molar-refractivity contribution >= 4 is 21.7 Å². The number of nitrogens with one attached hydrogen (secondary N) is 1. The Morgan fingerprint density at radius 2 is 1.74 bits per heavy atom. The summed E-state index contributed by atoms with van der Waals surface area (Å²) in [6.45, 7) is 2.81. The first kappa shape index (κ1) is 17.4. The lowest BCUT2D eigenvalue weighted by molar-refractivity contribution is -0.132. The zero-order valence-corrected chi connectivity index (χ0v) is 14.1. The van der Waals surface area contributed by atoms with Gasteiger partial charge in [-0.1, -0.05) is 0 Å². The summed E-state index contributed by atoms with van der Waals surface area (Å²) in [4.78, 5) is 27.7. The van der Waals surface area contributed by atoms with E-state index in [1.165, 1.54) is 29.2 Å². The fraction of sp³-hybridized carbons (Fsp3) is 0.467. The van der Waals surface area contributed by atoms with Gasteiger partial charge in [0.25, 0.3) is 5.91 Å². The van der Waals surface area contributed by atoms with Crippen molar-refractivity contribution in [1.82, 2.24) is 15.1 Å². The van der Waals surface area contributed by atoms with Gasteiger partial charge in [-0.2, -0.15) is 0 Å². The van der Waals surface area contributed by atoms with Gasteiger partial charge in [-0.15, -0.1) is 0 Å². The molecule has 1 saturated heterocycles. The Hall–Kier alpha value is -1.93. The molecule has 1 aliphatic rings. The van der Waals surface area contributed by atoms with Crippen molar-refractivity contribution in [1.29, 1.82) is 0 Å². The quantitative estimate of drug-likeness (QED) is 0.806. The van der Waals surface area contributed by atoms with E-state index >= 15 is 0 Å². The van der Waals surface area contributed by atoms with Crippen molar-refractivity contribution in [2.24, 2.45) is 0 Å². The van der Waals surface area contributed by atoms with Gasteiger partial charge in [-0.3, -0.25) is 9.59 Å². The van der Waals surface area contributed by atoms with E-state index in [4.69, 9.17) is 0 Å². The summed E-state index contributed by atoms with van der Waals surface area (Å²) in [6, 6.07) is 5.72. The van der Waals surface area contributed by atoms with E-state index < -0.39 is 9.84 Å². The van der Waals surface area contributed by atoms with Crippen molar-refractivity contribution in [2.75, 3.05) is 46.0 Å². The number of carbonyl (C=O) groups is 2. The molecule has 0 radical (unpaired) electrons. The van der Waals surface area contributed by atoms with Gasteiger partial charge in [0.15, 0.2) is 9.84 Å². The van der Waals surface area contributed by atoms with Gasteiger partial charge in [0.1, 0.15) is 0 Å².